The second kappa shape index (κ2) is 2.87. The van der Waals surface area contributed by atoms with Crippen LogP contribution in [0.25, 0.3) is 0 Å². The smallest absolute Gasteiger partial charge is 0.0169 e. The predicted molar refractivity (Wildman–Crippen MR) is 57.4 cm³/mol. The minimum atomic E-state index is 0.745. The van der Waals surface area contributed by atoms with Crippen LogP contribution in [0.2, 0.25) is 0 Å². The van der Waals surface area contributed by atoms with E-state index < -0.39 is 0 Å². The molecule has 0 saturated heterocycles. The molecular weight excluding hydrogens is 156 g/mol. The van der Waals surface area contributed by atoms with E-state index >= 15 is 0 Å². The zero-order valence-corrected chi connectivity index (χ0v) is 9.38. The van der Waals surface area contributed by atoms with Crippen molar-refractivity contribution >= 4 is 0 Å². The summed E-state index contributed by atoms with van der Waals surface area (Å²) in [5.41, 5.74) is 1.55. The molecule has 0 heteroatoms. The average Bonchev–Trinajstić information content (AvgIpc) is 2.90. The molecule has 0 N–H and O–H groups in total. The molecule has 0 amide bonds. The predicted octanol–water partition coefficient (Wildman–Crippen LogP) is 3.74. The summed E-state index contributed by atoms with van der Waals surface area (Å²) in [4.78, 5) is 0. The van der Waals surface area contributed by atoms with Gasteiger partial charge < -0.3 is 0 Å². The van der Waals surface area contributed by atoms with Crippen LogP contribution in [0.3, 0.4) is 0 Å². The topological polar surface area (TPSA) is 0 Å². The minimum absolute atomic E-state index is 0.745. The maximum absolute atomic E-state index is 4.30. The summed E-state index contributed by atoms with van der Waals surface area (Å²) in [6.45, 7) is 13.9. The highest BCUT2D eigenvalue weighted by molar-refractivity contribution is 5.19. The number of hydrogen-bond acceptors (Lipinski definition) is 0. The van der Waals surface area contributed by atoms with Gasteiger partial charge in [-0.05, 0) is 41.9 Å². The Bertz CT molecular complexity index is 228. The average molecular weight is 178 g/mol. The lowest BCUT2D eigenvalue weighted by Crippen LogP contribution is -2.21. The molecule has 0 nitrogen and oxygen atoms in total. The summed E-state index contributed by atoms with van der Waals surface area (Å²) >= 11 is 0. The van der Waals surface area contributed by atoms with E-state index in [1.54, 1.807) is 5.57 Å². The SMILES string of the molecule is C=C1C(C)C(C)C(C)C(C)C2CC12. The van der Waals surface area contributed by atoms with Gasteiger partial charge in [-0.1, -0.05) is 39.8 Å². The fourth-order valence-electron chi connectivity index (χ4n) is 3.22. The Labute approximate surface area is 82.4 Å². The van der Waals surface area contributed by atoms with Crippen molar-refractivity contribution in [1.29, 1.82) is 0 Å². The van der Waals surface area contributed by atoms with E-state index in [1.807, 2.05) is 0 Å². The second-order valence-electron chi connectivity index (χ2n) is 5.45. The largest absolute Gasteiger partial charge is 0.0993 e. The van der Waals surface area contributed by atoms with Gasteiger partial charge in [-0.2, -0.15) is 0 Å². The molecule has 6 unspecified atom stereocenters. The maximum atomic E-state index is 4.30. The van der Waals surface area contributed by atoms with E-state index in [0.717, 1.165) is 35.5 Å². The lowest BCUT2D eigenvalue weighted by molar-refractivity contribution is 0.228. The fraction of sp³-hybridized carbons (Fsp3) is 0.846. The third-order valence-corrected chi connectivity index (χ3v) is 5.02. The molecule has 13 heavy (non-hydrogen) atoms. The van der Waals surface area contributed by atoms with Crippen molar-refractivity contribution in [3.8, 4) is 0 Å². The highest BCUT2D eigenvalue weighted by Crippen LogP contribution is 2.57. The number of fused-ring (bicyclic) bond motifs is 1. The Hall–Kier alpha value is -0.260. The van der Waals surface area contributed by atoms with E-state index in [1.165, 1.54) is 6.42 Å². The van der Waals surface area contributed by atoms with E-state index in [2.05, 4.69) is 34.3 Å². The number of allylic oxidation sites excluding steroid dienone is 1. The Morgan fingerprint density at radius 3 is 2.23 bits per heavy atom. The molecule has 74 valence electrons. The summed E-state index contributed by atoms with van der Waals surface area (Å²) in [6, 6.07) is 0. The van der Waals surface area contributed by atoms with Gasteiger partial charge in [0.05, 0.1) is 0 Å². The molecule has 0 aromatic carbocycles. The van der Waals surface area contributed by atoms with Crippen molar-refractivity contribution in [3.05, 3.63) is 12.2 Å². The van der Waals surface area contributed by atoms with Crippen molar-refractivity contribution in [2.45, 2.75) is 34.1 Å². The summed E-state index contributed by atoms with van der Waals surface area (Å²) in [5, 5.41) is 0. The van der Waals surface area contributed by atoms with Crippen LogP contribution in [0.1, 0.15) is 34.1 Å². The molecule has 0 aliphatic heterocycles. The summed E-state index contributed by atoms with van der Waals surface area (Å²) in [5.74, 6) is 5.24. The molecule has 2 rings (SSSR count). The van der Waals surface area contributed by atoms with Gasteiger partial charge in [0, 0.05) is 0 Å². The molecule has 2 saturated carbocycles. The van der Waals surface area contributed by atoms with Crippen LogP contribution in [0.4, 0.5) is 0 Å². The first kappa shape index (κ1) is 9.30. The Morgan fingerprint density at radius 1 is 1.00 bits per heavy atom. The molecular formula is C13H22. The Balaban J connectivity index is 2.24. The zero-order chi connectivity index (χ0) is 9.75. The highest BCUT2D eigenvalue weighted by Gasteiger charge is 2.49. The van der Waals surface area contributed by atoms with E-state index in [-0.39, 0.29) is 0 Å². The van der Waals surface area contributed by atoms with Gasteiger partial charge >= 0.3 is 0 Å². The van der Waals surface area contributed by atoms with Gasteiger partial charge in [-0.3, -0.25) is 0 Å². The third kappa shape index (κ3) is 1.26. The maximum Gasteiger partial charge on any atom is -0.0169 e. The molecule has 2 aliphatic rings. The summed E-state index contributed by atoms with van der Waals surface area (Å²) in [7, 11) is 0. The first-order chi connectivity index (χ1) is 6.04. The standard InChI is InChI=1S/C13H22/c1-7-8(2)10(4)12-6-13(12)11(5)9(7)3/h7-9,11-13H,4,6H2,1-3,5H3. The Morgan fingerprint density at radius 2 is 1.62 bits per heavy atom. The van der Waals surface area contributed by atoms with Gasteiger partial charge in [0.2, 0.25) is 0 Å². The monoisotopic (exact) mass is 178 g/mol. The van der Waals surface area contributed by atoms with Gasteiger partial charge in [0.25, 0.3) is 0 Å². The minimum Gasteiger partial charge on any atom is -0.0993 e. The van der Waals surface area contributed by atoms with Gasteiger partial charge in [0.1, 0.15) is 0 Å². The molecule has 0 radical (unpaired) electrons. The van der Waals surface area contributed by atoms with Crippen molar-refractivity contribution < 1.29 is 0 Å². The number of rotatable bonds is 0. The van der Waals surface area contributed by atoms with E-state index in [9.17, 15) is 0 Å². The van der Waals surface area contributed by atoms with Gasteiger partial charge in [-0.15, -0.1) is 0 Å². The van der Waals surface area contributed by atoms with E-state index in [4.69, 9.17) is 0 Å². The van der Waals surface area contributed by atoms with Crippen molar-refractivity contribution in [3.63, 3.8) is 0 Å². The summed E-state index contributed by atoms with van der Waals surface area (Å²) in [6.07, 6.45) is 1.43. The molecule has 0 aromatic rings. The normalized spacial score (nSPS) is 55.5. The van der Waals surface area contributed by atoms with Crippen molar-refractivity contribution in [1.82, 2.24) is 0 Å². The lowest BCUT2D eigenvalue weighted by Gasteiger charge is -2.28. The van der Waals surface area contributed by atoms with Crippen LogP contribution in [-0.4, -0.2) is 0 Å². The third-order valence-electron chi connectivity index (χ3n) is 5.02. The van der Waals surface area contributed by atoms with Crippen LogP contribution in [0.15, 0.2) is 12.2 Å². The van der Waals surface area contributed by atoms with Crippen LogP contribution in [-0.2, 0) is 0 Å². The summed E-state index contributed by atoms with van der Waals surface area (Å²) < 4.78 is 0. The first-order valence-electron chi connectivity index (χ1n) is 5.72. The van der Waals surface area contributed by atoms with Crippen LogP contribution in [0, 0.1) is 35.5 Å². The van der Waals surface area contributed by atoms with Crippen molar-refractivity contribution in [2.24, 2.45) is 35.5 Å². The highest BCUT2D eigenvalue weighted by atomic mass is 14.5. The van der Waals surface area contributed by atoms with Crippen LogP contribution >= 0.6 is 0 Å². The van der Waals surface area contributed by atoms with Crippen LogP contribution in [0.5, 0.6) is 0 Å². The molecule has 0 heterocycles. The molecule has 0 aromatic heterocycles. The fourth-order valence-corrected chi connectivity index (χ4v) is 3.22. The van der Waals surface area contributed by atoms with Crippen molar-refractivity contribution in [2.75, 3.05) is 0 Å². The quantitative estimate of drug-likeness (QED) is 0.496. The lowest BCUT2D eigenvalue weighted by atomic mass is 9.77. The van der Waals surface area contributed by atoms with E-state index in [0.29, 0.717) is 0 Å². The molecule has 2 fully saturated rings. The van der Waals surface area contributed by atoms with Gasteiger partial charge in [0.15, 0.2) is 0 Å². The number of hydrogen-bond donors (Lipinski definition) is 0. The molecule has 6 atom stereocenters. The second-order valence-corrected chi connectivity index (χ2v) is 5.45. The van der Waals surface area contributed by atoms with Gasteiger partial charge in [-0.25, -0.2) is 0 Å². The molecule has 2 aliphatic carbocycles. The Kier molecular flexibility index (Phi) is 2.05. The first-order valence-corrected chi connectivity index (χ1v) is 5.72. The zero-order valence-electron chi connectivity index (χ0n) is 9.38. The molecule has 0 spiro atoms. The molecule has 0 bridgehead atoms. The van der Waals surface area contributed by atoms with Crippen LogP contribution < -0.4 is 0 Å².